The summed E-state index contributed by atoms with van der Waals surface area (Å²) < 4.78 is 0.378. The molecule has 7 heteroatoms. The lowest BCUT2D eigenvalue weighted by Crippen LogP contribution is -2.33. The molecule has 0 aromatic heterocycles. The van der Waals surface area contributed by atoms with E-state index in [1.165, 1.54) is 23.1 Å². The van der Waals surface area contributed by atoms with Gasteiger partial charge in [0.25, 0.3) is 5.69 Å². The van der Waals surface area contributed by atoms with Gasteiger partial charge in [0.15, 0.2) is 0 Å². The lowest BCUT2D eigenvalue weighted by Gasteiger charge is -2.18. The molecular formula is C15H11BrN2O4. The number of anilines is 1. The maximum absolute atomic E-state index is 12.7. The van der Waals surface area contributed by atoms with E-state index in [1.807, 2.05) is 12.2 Å². The lowest BCUT2D eigenvalue weighted by molar-refractivity contribution is -0.384. The zero-order valence-corrected chi connectivity index (χ0v) is 12.9. The molecule has 1 saturated heterocycles. The summed E-state index contributed by atoms with van der Waals surface area (Å²) in [7, 11) is 0. The van der Waals surface area contributed by atoms with Gasteiger partial charge in [-0.25, -0.2) is 4.90 Å². The van der Waals surface area contributed by atoms with Crippen molar-refractivity contribution in [2.45, 2.75) is 6.42 Å². The summed E-state index contributed by atoms with van der Waals surface area (Å²) in [5, 5.41) is 10.8. The van der Waals surface area contributed by atoms with Crippen LogP contribution in [0, 0.1) is 33.8 Å². The van der Waals surface area contributed by atoms with Crippen LogP contribution >= 0.6 is 15.9 Å². The van der Waals surface area contributed by atoms with Crippen molar-refractivity contribution in [3.63, 3.8) is 0 Å². The molecule has 0 N–H and O–H groups in total. The van der Waals surface area contributed by atoms with Crippen molar-refractivity contribution in [3.8, 4) is 0 Å². The number of nitro benzene ring substituents is 1. The lowest BCUT2D eigenvalue weighted by atomic mass is 9.85. The topological polar surface area (TPSA) is 80.5 Å². The maximum atomic E-state index is 12.7. The number of nitro groups is 1. The maximum Gasteiger partial charge on any atom is 0.270 e. The predicted molar refractivity (Wildman–Crippen MR) is 81.0 cm³/mol. The summed E-state index contributed by atoms with van der Waals surface area (Å²) in [6, 6.07) is 4.08. The third kappa shape index (κ3) is 1.65. The zero-order valence-electron chi connectivity index (χ0n) is 11.3. The second-order valence-corrected chi connectivity index (χ2v) is 6.76. The van der Waals surface area contributed by atoms with E-state index >= 15 is 0 Å². The Morgan fingerprint density at radius 1 is 1.14 bits per heavy atom. The molecule has 1 aromatic rings. The second-order valence-electron chi connectivity index (χ2n) is 5.90. The molecule has 1 heterocycles. The number of non-ortho nitro benzene ring substituents is 1. The molecule has 112 valence electrons. The van der Waals surface area contributed by atoms with E-state index < -0.39 is 4.92 Å². The Morgan fingerprint density at radius 2 is 1.73 bits per heavy atom. The minimum Gasteiger partial charge on any atom is -0.274 e. The van der Waals surface area contributed by atoms with Crippen LogP contribution in [0.1, 0.15) is 6.42 Å². The standard InChI is InChI=1S/C15H11BrN2O4/c16-10-6-9(18(21)22)3-4-11(10)17-14(19)12-7-1-2-8(5-7)13(12)15(17)20/h1-4,6-8,12-13H,5H2/t7-,8+,12-,13+. The number of allylic oxidation sites excluding steroid dienone is 2. The molecule has 2 fully saturated rings. The third-order valence-corrected chi connectivity index (χ3v) is 5.49. The fourth-order valence-electron chi connectivity index (χ4n) is 3.93. The minimum absolute atomic E-state index is 0.0864. The molecule has 1 aromatic carbocycles. The van der Waals surface area contributed by atoms with Gasteiger partial charge in [0, 0.05) is 16.6 Å². The summed E-state index contributed by atoms with van der Waals surface area (Å²) in [5.41, 5.74) is 0.297. The van der Waals surface area contributed by atoms with Gasteiger partial charge >= 0.3 is 0 Å². The average Bonchev–Trinajstić information content (AvgIpc) is 3.14. The number of amides is 2. The molecule has 2 amide bonds. The number of carbonyl (C=O) groups excluding carboxylic acids is 2. The number of hydrogen-bond acceptors (Lipinski definition) is 4. The summed E-state index contributed by atoms with van der Waals surface area (Å²) in [6.07, 6.45) is 4.94. The number of carbonyl (C=O) groups is 2. The number of benzene rings is 1. The van der Waals surface area contributed by atoms with E-state index in [2.05, 4.69) is 15.9 Å². The van der Waals surface area contributed by atoms with Gasteiger partial charge in [0.05, 0.1) is 22.4 Å². The predicted octanol–water partition coefficient (Wildman–Crippen LogP) is 2.67. The van der Waals surface area contributed by atoms with Gasteiger partial charge in [0.2, 0.25) is 11.8 Å². The largest absolute Gasteiger partial charge is 0.274 e. The van der Waals surface area contributed by atoms with Gasteiger partial charge < -0.3 is 0 Å². The Bertz CT molecular complexity index is 730. The normalized spacial score (nSPS) is 32.0. The molecule has 2 bridgehead atoms. The molecule has 6 nitrogen and oxygen atoms in total. The van der Waals surface area contributed by atoms with Crippen molar-refractivity contribution in [3.05, 3.63) is 44.9 Å². The smallest absolute Gasteiger partial charge is 0.270 e. The van der Waals surface area contributed by atoms with Crippen LogP contribution in [0.5, 0.6) is 0 Å². The monoisotopic (exact) mass is 362 g/mol. The Balaban J connectivity index is 1.74. The molecule has 0 radical (unpaired) electrons. The third-order valence-electron chi connectivity index (χ3n) is 4.85. The van der Waals surface area contributed by atoms with Gasteiger partial charge in [-0.1, -0.05) is 12.2 Å². The van der Waals surface area contributed by atoms with Crippen LogP contribution in [0.3, 0.4) is 0 Å². The first kappa shape index (κ1) is 13.6. The number of imide groups is 1. The second kappa shape index (κ2) is 4.49. The van der Waals surface area contributed by atoms with Crippen LogP contribution in [-0.2, 0) is 9.59 Å². The van der Waals surface area contributed by atoms with Crippen LogP contribution in [-0.4, -0.2) is 16.7 Å². The molecule has 3 aliphatic rings. The molecule has 22 heavy (non-hydrogen) atoms. The van der Waals surface area contributed by atoms with Crippen molar-refractivity contribution in [2.24, 2.45) is 23.7 Å². The van der Waals surface area contributed by atoms with E-state index in [0.29, 0.717) is 10.2 Å². The Hall–Kier alpha value is -2.02. The molecule has 1 saturated carbocycles. The van der Waals surface area contributed by atoms with E-state index in [4.69, 9.17) is 0 Å². The first-order chi connectivity index (χ1) is 10.5. The molecule has 0 spiro atoms. The van der Waals surface area contributed by atoms with Crippen LogP contribution in [0.25, 0.3) is 0 Å². The molecular weight excluding hydrogens is 352 g/mol. The Morgan fingerprint density at radius 3 is 2.23 bits per heavy atom. The highest BCUT2D eigenvalue weighted by molar-refractivity contribution is 9.10. The molecule has 4 rings (SSSR count). The molecule has 1 aliphatic heterocycles. The first-order valence-electron chi connectivity index (χ1n) is 6.99. The molecule has 4 atom stereocenters. The van der Waals surface area contributed by atoms with E-state index in [9.17, 15) is 19.7 Å². The van der Waals surface area contributed by atoms with E-state index in [0.717, 1.165) is 6.42 Å². The van der Waals surface area contributed by atoms with Crippen LogP contribution in [0.4, 0.5) is 11.4 Å². The van der Waals surface area contributed by atoms with Crippen LogP contribution < -0.4 is 4.90 Å². The van der Waals surface area contributed by atoms with Crippen molar-refractivity contribution in [1.82, 2.24) is 0 Å². The van der Waals surface area contributed by atoms with Crippen molar-refractivity contribution >= 4 is 39.1 Å². The summed E-state index contributed by atoms with van der Waals surface area (Å²) in [5.74, 6) is -0.640. The highest BCUT2D eigenvalue weighted by atomic mass is 79.9. The number of halogens is 1. The van der Waals surface area contributed by atoms with Crippen molar-refractivity contribution < 1.29 is 14.5 Å². The number of nitrogens with zero attached hydrogens (tertiary/aromatic N) is 2. The Kier molecular flexibility index (Phi) is 2.78. The average molecular weight is 363 g/mol. The van der Waals surface area contributed by atoms with Gasteiger partial charge in [-0.05, 0) is 40.3 Å². The highest BCUT2D eigenvalue weighted by Gasteiger charge is 2.59. The number of hydrogen-bond donors (Lipinski definition) is 0. The quantitative estimate of drug-likeness (QED) is 0.350. The summed E-state index contributed by atoms with van der Waals surface area (Å²) in [4.78, 5) is 36.8. The van der Waals surface area contributed by atoms with Crippen LogP contribution in [0.15, 0.2) is 34.8 Å². The van der Waals surface area contributed by atoms with Crippen LogP contribution in [0.2, 0.25) is 0 Å². The Labute approximate surface area is 134 Å². The van der Waals surface area contributed by atoms with E-state index in [-0.39, 0.29) is 41.2 Å². The van der Waals surface area contributed by atoms with Gasteiger partial charge in [-0.15, -0.1) is 0 Å². The number of rotatable bonds is 2. The minimum atomic E-state index is -0.513. The van der Waals surface area contributed by atoms with Crippen molar-refractivity contribution in [2.75, 3.05) is 4.90 Å². The fraction of sp³-hybridized carbons (Fsp3) is 0.333. The van der Waals surface area contributed by atoms with Crippen molar-refractivity contribution in [1.29, 1.82) is 0 Å². The SMILES string of the molecule is O=C1[C@@H]2[C@H](C(=O)N1c1ccc([N+](=O)[O-])cc1Br)[C@@H]1C=C[C@H]2C1. The van der Waals surface area contributed by atoms with Gasteiger partial charge in [-0.2, -0.15) is 0 Å². The van der Waals surface area contributed by atoms with Gasteiger partial charge in [0.1, 0.15) is 0 Å². The molecule has 0 unspecified atom stereocenters. The van der Waals surface area contributed by atoms with Gasteiger partial charge in [-0.3, -0.25) is 19.7 Å². The first-order valence-corrected chi connectivity index (χ1v) is 7.78. The molecule has 2 aliphatic carbocycles. The summed E-state index contributed by atoms with van der Waals surface area (Å²) in [6.45, 7) is 0. The number of fused-ring (bicyclic) bond motifs is 5. The fourth-order valence-corrected chi connectivity index (χ4v) is 4.47. The summed E-state index contributed by atoms with van der Waals surface area (Å²) >= 11 is 3.24. The highest BCUT2D eigenvalue weighted by Crippen LogP contribution is 2.53. The zero-order chi connectivity index (χ0) is 15.6. The van der Waals surface area contributed by atoms with E-state index in [1.54, 1.807) is 0 Å².